The van der Waals surface area contributed by atoms with E-state index in [1.165, 1.54) is 37.2 Å². The summed E-state index contributed by atoms with van der Waals surface area (Å²) in [7, 11) is 0. The molecule has 0 saturated carbocycles. The van der Waals surface area contributed by atoms with Gasteiger partial charge in [0, 0.05) is 24.5 Å². The highest BCUT2D eigenvalue weighted by Gasteiger charge is 2.16. The van der Waals surface area contributed by atoms with Crippen LogP contribution in [0.3, 0.4) is 0 Å². The summed E-state index contributed by atoms with van der Waals surface area (Å²) in [5.41, 5.74) is 9.53. The Hall–Kier alpha value is -1.18. The number of hydrogen-bond donors (Lipinski definition) is 1. The Morgan fingerprint density at radius 1 is 1.31 bits per heavy atom. The molecule has 2 N–H and O–H groups in total. The Morgan fingerprint density at radius 2 is 2.00 bits per heavy atom. The van der Waals surface area contributed by atoms with Crippen molar-refractivity contribution in [2.75, 3.05) is 23.7 Å². The number of anilines is 2. The number of piperidine rings is 1. The van der Waals surface area contributed by atoms with Crippen LogP contribution >= 0.6 is 0 Å². The van der Waals surface area contributed by atoms with Crippen molar-refractivity contribution in [2.24, 2.45) is 5.92 Å². The molecule has 0 unspecified atom stereocenters. The second-order valence-electron chi connectivity index (χ2n) is 4.91. The highest BCUT2D eigenvalue weighted by atomic mass is 15.1. The summed E-state index contributed by atoms with van der Waals surface area (Å²) in [5.74, 6) is 0.878. The molecule has 1 fully saturated rings. The van der Waals surface area contributed by atoms with E-state index < -0.39 is 0 Å². The van der Waals surface area contributed by atoms with Gasteiger partial charge < -0.3 is 10.6 Å². The normalized spacial score (nSPS) is 17.8. The number of nitrogens with two attached hydrogens (primary N) is 1. The minimum absolute atomic E-state index is 0.878. The van der Waals surface area contributed by atoms with Gasteiger partial charge in [-0.3, -0.25) is 0 Å². The molecular formula is C14H22N2. The van der Waals surface area contributed by atoms with Crippen molar-refractivity contribution >= 4 is 11.4 Å². The van der Waals surface area contributed by atoms with Gasteiger partial charge in [0.2, 0.25) is 0 Å². The third-order valence-corrected chi connectivity index (χ3v) is 3.66. The number of aryl methyl sites for hydroxylation is 1. The van der Waals surface area contributed by atoms with Crippen LogP contribution in [0.1, 0.15) is 32.3 Å². The SMILES string of the molecule is CCc1ccc(N2CCC(C)CC2)cc1N. The summed E-state index contributed by atoms with van der Waals surface area (Å²) in [4.78, 5) is 2.45. The standard InChI is InChI=1S/C14H22N2/c1-3-12-4-5-13(10-14(12)15)16-8-6-11(2)7-9-16/h4-5,10-11H,3,6-9,15H2,1-2H3. The van der Waals surface area contributed by atoms with Crippen LogP contribution in [0.15, 0.2) is 18.2 Å². The Bertz CT molecular complexity index is 352. The lowest BCUT2D eigenvalue weighted by Crippen LogP contribution is -2.32. The number of rotatable bonds is 2. The molecule has 1 aromatic carbocycles. The molecule has 1 aliphatic heterocycles. The molecule has 2 heteroatoms. The Balaban J connectivity index is 2.12. The van der Waals surface area contributed by atoms with E-state index in [4.69, 9.17) is 5.73 Å². The summed E-state index contributed by atoms with van der Waals surface area (Å²) in [6.07, 6.45) is 3.62. The fraction of sp³-hybridized carbons (Fsp3) is 0.571. The second-order valence-corrected chi connectivity index (χ2v) is 4.91. The number of nitrogens with zero attached hydrogens (tertiary/aromatic N) is 1. The van der Waals surface area contributed by atoms with E-state index in [0.717, 1.165) is 18.0 Å². The molecule has 1 aliphatic rings. The maximum atomic E-state index is 6.04. The summed E-state index contributed by atoms with van der Waals surface area (Å²) in [5, 5.41) is 0. The average Bonchev–Trinajstić information content (AvgIpc) is 2.30. The van der Waals surface area contributed by atoms with Crippen molar-refractivity contribution < 1.29 is 0 Å². The molecule has 1 heterocycles. The quantitative estimate of drug-likeness (QED) is 0.773. The first-order valence-corrected chi connectivity index (χ1v) is 6.34. The molecular weight excluding hydrogens is 196 g/mol. The smallest absolute Gasteiger partial charge is 0.0387 e. The van der Waals surface area contributed by atoms with Gasteiger partial charge in [-0.05, 0) is 42.9 Å². The molecule has 2 nitrogen and oxygen atoms in total. The zero-order chi connectivity index (χ0) is 11.5. The molecule has 0 amide bonds. The maximum absolute atomic E-state index is 6.04. The van der Waals surface area contributed by atoms with E-state index >= 15 is 0 Å². The first-order chi connectivity index (χ1) is 7.70. The van der Waals surface area contributed by atoms with Crippen LogP contribution in [0.4, 0.5) is 11.4 Å². The van der Waals surface area contributed by atoms with E-state index in [1.807, 2.05) is 0 Å². The van der Waals surface area contributed by atoms with Crippen molar-refractivity contribution in [3.8, 4) is 0 Å². The van der Waals surface area contributed by atoms with Crippen LogP contribution in [0, 0.1) is 5.92 Å². The molecule has 0 aromatic heterocycles. The summed E-state index contributed by atoms with van der Waals surface area (Å²) < 4.78 is 0. The van der Waals surface area contributed by atoms with Crippen LogP contribution in [0.5, 0.6) is 0 Å². The van der Waals surface area contributed by atoms with Crippen molar-refractivity contribution in [2.45, 2.75) is 33.1 Å². The van der Waals surface area contributed by atoms with Gasteiger partial charge in [-0.25, -0.2) is 0 Å². The maximum Gasteiger partial charge on any atom is 0.0387 e. The van der Waals surface area contributed by atoms with Gasteiger partial charge in [-0.2, -0.15) is 0 Å². The van der Waals surface area contributed by atoms with E-state index in [9.17, 15) is 0 Å². The molecule has 1 saturated heterocycles. The molecule has 16 heavy (non-hydrogen) atoms. The third-order valence-electron chi connectivity index (χ3n) is 3.66. The average molecular weight is 218 g/mol. The highest BCUT2D eigenvalue weighted by molar-refractivity contribution is 5.60. The second kappa shape index (κ2) is 4.77. The lowest BCUT2D eigenvalue weighted by atomic mass is 9.98. The molecule has 1 aromatic rings. The van der Waals surface area contributed by atoms with Gasteiger partial charge in [-0.1, -0.05) is 19.9 Å². The third kappa shape index (κ3) is 2.31. The van der Waals surface area contributed by atoms with Crippen LogP contribution in [0.25, 0.3) is 0 Å². The number of hydrogen-bond acceptors (Lipinski definition) is 2. The van der Waals surface area contributed by atoms with Crippen LogP contribution in [-0.2, 0) is 6.42 Å². The van der Waals surface area contributed by atoms with Crippen molar-refractivity contribution in [3.05, 3.63) is 23.8 Å². The lowest BCUT2D eigenvalue weighted by molar-refractivity contribution is 0.438. The van der Waals surface area contributed by atoms with E-state index in [-0.39, 0.29) is 0 Å². The minimum Gasteiger partial charge on any atom is -0.398 e. The zero-order valence-electron chi connectivity index (χ0n) is 10.4. The Morgan fingerprint density at radius 3 is 2.56 bits per heavy atom. The number of nitrogen functional groups attached to an aromatic ring is 1. The molecule has 2 rings (SSSR count). The predicted molar refractivity (Wildman–Crippen MR) is 70.8 cm³/mol. The molecule has 0 spiro atoms. The minimum atomic E-state index is 0.878. The van der Waals surface area contributed by atoms with Gasteiger partial charge in [-0.15, -0.1) is 0 Å². The molecule has 88 valence electrons. The molecule has 0 radical (unpaired) electrons. The molecule has 0 aliphatic carbocycles. The van der Waals surface area contributed by atoms with E-state index in [0.29, 0.717) is 0 Å². The first-order valence-electron chi connectivity index (χ1n) is 6.34. The predicted octanol–water partition coefficient (Wildman–Crippen LogP) is 3.07. The summed E-state index contributed by atoms with van der Waals surface area (Å²) in [6.45, 7) is 6.83. The topological polar surface area (TPSA) is 29.3 Å². The summed E-state index contributed by atoms with van der Waals surface area (Å²) >= 11 is 0. The van der Waals surface area contributed by atoms with Crippen LogP contribution in [0.2, 0.25) is 0 Å². The van der Waals surface area contributed by atoms with Gasteiger partial charge in [0.25, 0.3) is 0 Å². The van der Waals surface area contributed by atoms with Crippen LogP contribution < -0.4 is 10.6 Å². The Labute approximate surface area is 98.4 Å². The van der Waals surface area contributed by atoms with Crippen molar-refractivity contribution in [1.82, 2.24) is 0 Å². The summed E-state index contributed by atoms with van der Waals surface area (Å²) in [6, 6.07) is 6.52. The van der Waals surface area contributed by atoms with Gasteiger partial charge in [0.15, 0.2) is 0 Å². The van der Waals surface area contributed by atoms with Crippen molar-refractivity contribution in [1.29, 1.82) is 0 Å². The van der Waals surface area contributed by atoms with Crippen molar-refractivity contribution in [3.63, 3.8) is 0 Å². The highest BCUT2D eigenvalue weighted by Crippen LogP contribution is 2.26. The van der Waals surface area contributed by atoms with Gasteiger partial charge in [0.1, 0.15) is 0 Å². The van der Waals surface area contributed by atoms with Crippen LogP contribution in [-0.4, -0.2) is 13.1 Å². The first kappa shape index (κ1) is 11.3. The monoisotopic (exact) mass is 218 g/mol. The fourth-order valence-corrected chi connectivity index (χ4v) is 2.37. The molecule has 0 bridgehead atoms. The zero-order valence-corrected chi connectivity index (χ0v) is 10.4. The van der Waals surface area contributed by atoms with Gasteiger partial charge in [0.05, 0.1) is 0 Å². The largest absolute Gasteiger partial charge is 0.398 e. The molecule has 0 atom stereocenters. The van der Waals surface area contributed by atoms with E-state index in [2.05, 4.69) is 36.9 Å². The lowest BCUT2D eigenvalue weighted by Gasteiger charge is -2.32. The van der Waals surface area contributed by atoms with Gasteiger partial charge >= 0.3 is 0 Å². The Kier molecular flexibility index (Phi) is 3.37. The number of benzene rings is 1. The van der Waals surface area contributed by atoms with E-state index in [1.54, 1.807) is 0 Å². The fourth-order valence-electron chi connectivity index (χ4n) is 2.37.